The number of amides is 1. The lowest BCUT2D eigenvalue weighted by Gasteiger charge is -2.23. The number of thioether (sulfide) groups is 1. The number of hydrogen-bond donors (Lipinski definition) is 1. The van der Waals surface area contributed by atoms with Gasteiger partial charge < -0.3 is 9.84 Å². The summed E-state index contributed by atoms with van der Waals surface area (Å²) in [6.45, 7) is 0.216. The minimum absolute atomic E-state index is 0.0619. The number of thiocarbonyl (C=S) groups is 1. The molecule has 0 radical (unpaired) electrons. The molecule has 1 aromatic carbocycles. The maximum Gasteiger partial charge on any atom is 0.341 e. The number of hydrogen-bond acceptors (Lipinski definition) is 5. The Bertz CT molecular complexity index is 805. The van der Waals surface area contributed by atoms with Crippen LogP contribution < -0.4 is 4.74 Å². The van der Waals surface area contributed by atoms with Gasteiger partial charge in [0, 0.05) is 6.54 Å². The quantitative estimate of drug-likeness (QED) is 0.477. The maximum atomic E-state index is 12.7. The summed E-state index contributed by atoms with van der Waals surface area (Å²) in [4.78, 5) is 25.6. The van der Waals surface area contributed by atoms with Crippen LogP contribution in [0, 0.1) is 5.92 Å². The molecule has 3 rings (SSSR count). The Kier molecular flexibility index (Phi) is 7.37. The van der Waals surface area contributed by atoms with Gasteiger partial charge in [0.15, 0.2) is 6.61 Å². The Morgan fingerprint density at radius 1 is 1.36 bits per heavy atom. The largest absolute Gasteiger partial charge is 0.480 e. The predicted octanol–water partition coefficient (Wildman–Crippen LogP) is 4.98. The van der Waals surface area contributed by atoms with E-state index in [4.69, 9.17) is 33.7 Å². The molecule has 5 nitrogen and oxygen atoms in total. The van der Waals surface area contributed by atoms with Crippen molar-refractivity contribution in [3.05, 3.63) is 33.7 Å². The molecule has 0 aromatic heterocycles. The number of nitrogens with zero attached hydrogens (tertiary/aromatic N) is 1. The van der Waals surface area contributed by atoms with E-state index in [1.54, 1.807) is 29.2 Å². The number of rotatable bonds is 7. The smallest absolute Gasteiger partial charge is 0.341 e. The van der Waals surface area contributed by atoms with Crippen molar-refractivity contribution in [3.8, 4) is 5.75 Å². The summed E-state index contributed by atoms with van der Waals surface area (Å²) in [6.07, 6.45) is 9.15. The number of carboxylic acids is 1. The van der Waals surface area contributed by atoms with Crippen molar-refractivity contribution in [1.82, 2.24) is 4.90 Å². The van der Waals surface area contributed by atoms with Crippen LogP contribution in [0.1, 0.15) is 44.1 Å². The Hall–Kier alpha value is -1.57. The second kappa shape index (κ2) is 9.76. The zero-order valence-electron chi connectivity index (χ0n) is 15.4. The first kappa shape index (κ1) is 21.1. The van der Waals surface area contributed by atoms with E-state index >= 15 is 0 Å². The fourth-order valence-corrected chi connectivity index (χ4v) is 5.05. The molecule has 28 heavy (non-hydrogen) atoms. The highest BCUT2D eigenvalue weighted by molar-refractivity contribution is 8.26. The summed E-state index contributed by atoms with van der Waals surface area (Å²) in [5.74, 6) is -0.147. The molecule has 2 aliphatic rings. The van der Waals surface area contributed by atoms with Crippen molar-refractivity contribution in [1.29, 1.82) is 0 Å². The van der Waals surface area contributed by atoms with Crippen LogP contribution in [0.25, 0.3) is 6.08 Å². The first-order chi connectivity index (χ1) is 13.4. The molecule has 0 bridgehead atoms. The van der Waals surface area contributed by atoms with Crippen molar-refractivity contribution in [3.63, 3.8) is 0 Å². The highest BCUT2D eigenvalue weighted by Gasteiger charge is 2.32. The average Bonchev–Trinajstić information content (AvgIpc) is 2.93. The van der Waals surface area contributed by atoms with Crippen LogP contribution >= 0.6 is 35.6 Å². The molecular formula is C20H22ClNO4S2. The standard InChI is InChI=1S/C20H22ClNO4S2/c21-15-10-14(6-7-16(15)26-12-18(23)24)11-17-19(25)22(20(27)28-17)9-8-13-4-2-1-3-5-13/h6-7,10-11,13H,1-5,8-9,12H2,(H,23,24). The van der Waals surface area contributed by atoms with Gasteiger partial charge in [0.1, 0.15) is 10.1 Å². The molecule has 8 heteroatoms. The number of halogens is 1. The third-order valence-electron chi connectivity index (χ3n) is 4.96. The highest BCUT2D eigenvalue weighted by Crippen LogP contribution is 2.35. The van der Waals surface area contributed by atoms with Gasteiger partial charge in [0.25, 0.3) is 5.91 Å². The molecule has 0 atom stereocenters. The van der Waals surface area contributed by atoms with Crippen molar-refractivity contribution in [2.45, 2.75) is 38.5 Å². The van der Waals surface area contributed by atoms with E-state index in [0.29, 0.717) is 32.5 Å². The number of carboxylic acid groups (broad SMARTS) is 1. The average molecular weight is 440 g/mol. The van der Waals surface area contributed by atoms with Gasteiger partial charge in [-0.2, -0.15) is 0 Å². The van der Waals surface area contributed by atoms with Gasteiger partial charge in [0.05, 0.1) is 9.93 Å². The topological polar surface area (TPSA) is 66.8 Å². The fraction of sp³-hybridized carbons (Fsp3) is 0.450. The van der Waals surface area contributed by atoms with Gasteiger partial charge in [-0.3, -0.25) is 9.69 Å². The summed E-state index contributed by atoms with van der Waals surface area (Å²) in [6, 6.07) is 4.98. The minimum atomic E-state index is -1.07. The van der Waals surface area contributed by atoms with Crippen LogP contribution in [0.2, 0.25) is 5.02 Å². The summed E-state index contributed by atoms with van der Waals surface area (Å²) >= 11 is 12.9. The molecule has 2 fully saturated rings. The molecule has 1 saturated heterocycles. The Balaban J connectivity index is 1.63. The monoisotopic (exact) mass is 439 g/mol. The molecule has 1 heterocycles. The first-order valence-electron chi connectivity index (χ1n) is 9.33. The number of aliphatic carboxylic acids is 1. The van der Waals surface area contributed by atoms with Crippen LogP contribution in [0.3, 0.4) is 0 Å². The van der Waals surface area contributed by atoms with E-state index in [0.717, 1.165) is 12.0 Å². The summed E-state index contributed by atoms with van der Waals surface area (Å²) in [5, 5.41) is 8.98. The number of ether oxygens (including phenoxy) is 1. The molecule has 1 aliphatic carbocycles. The SMILES string of the molecule is O=C(O)COc1ccc(C=C2SC(=S)N(CCC3CCCCC3)C2=O)cc1Cl. The minimum Gasteiger partial charge on any atom is -0.480 e. The van der Waals surface area contributed by atoms with Gasteiger partial charge in [0.2, 0.25) is 0 Å². The molecule has 1 amide bonds. The van der Waals surface area contributed by atoms with Gasteiger partial charge in [-0.05, 0) is 36.1 Å². The van der Waals surface area contributed by atoms with Crippen LogP contribution in [0.4, 0.5) is 0 Å². The Morgan fingerprint density at radius 3 is 2.79 bits per heavy atom. The molecule has 0 unspecified atom stereocenters. The summed E-state index contributed by atoms with van der Waals surface area (Å²) in [7, 11) is 0. The third kappa shape index (κ3) is 5.49. The van der Waals surface area contributed by atoms with Gasteiger partial charge in [-0.25, -0.2) is 4.79 Å². The van der Waals surface area contributed by atoms with Gasteiger partial charge >= 0.3 is 5.97 Å². The van der Waals surface area contributed by atoms with Crippen LogP contribution in [0.5, 0.6) is 5.75 Å². The highest BCUT2D eigenvalue weighted by atomic mass is 35.5. The zero-order valence-corrected chi connectivity index (χ0v) is 17.7. The molecular weight excluding hydrogens is 418 g/mol. The van der Waals surface area contributed by atoms with Crippen molar-refractivity contribution < 1.29 is 19.4 Å². The third-order valence-corrected chi connectivity index (χ3v) is 6.64. The number of benzene rings is 1. The van der Waals surface area contributed by atoms with Crippen molar-refractivity contribution in [2.24, 2.45) is 5.92 Å². The van der Waals surface area contributed by atoms with E-state index in [1.807, 2.05) is 0 Å². The van der Waals surface area contributed by atoms with Crippen LogP contribution in [-0.4, -0.2) is 39.4 Å². The lowest BCUT2D eigenvalue weighted by molar-refractivity contribution is -0.139. The summed E-state index contributed by atoms with van der Waals surface area (Å²) < 4.78 is 5.71. The lowest BCUT2D eigenvalue weighted by Crippen LogP contribution is -2.30. The zero-order chi connectivity index (χ0) is 20.1. The molecule has 1 saturated carbocycles. The normalized spacial score (nSPS) is 19.5. The Morgan fingerprint density at radius 2 is 2.11 bits per heavy atom. The van der Waals surface area contributed by atoms with Crippen molar-refractivity contribution >= 4 is 57.9 Å². The van der Waals surface area contributed by atoms with E-state index in [1.165, 1.54) is 43.9 Å². The van der Waals surface area contributed by atoms with Crippen molar-refractivity contribution in [2.75, 3.05) is 13.2 Å². The fourth-order valence-electron chi connectivity index (χ4n) is 3.50. The summed E-state index contributed by atoms with van der Waals surface area (Å²) in [5.41, 5.74) is 0.737. The van der Waals surface area contributed by atoms with E-state index in [9.17, 15) is 9.59 Å². The molecule has 0 spiro atoms. The molecule has 150 valence electrons. The molecule has 1 aliphatic heterocycles. The van der Waals surface area contributed by atoms with E-state index in [2.05, 4.69) is 0 Å². The van der Waals surface area contributed by atoms with Gasteiger partial charge in [-0.1, -0.05) is 73.8 Å². The maximum absolute atomic E-state index is 12.7. The Labute approximate surface area is 179 Å². The van der Waals surface area contributed by atoms with E-state index < -0.39 is 12.6 Å². The second-order valence-corrected chi connectivity index (χ2v) is 9.08. The lowest BCUT2D eigenvalue weighted by atomic mass is 9.87. The van der Waals surface area contributed by atoms with Crippen LogP contribution in [0.15, 0.2) is 23.1 Å². The molecule has 1 aromatic rings. The van der Waals surface area contributed by atoms with Gasteiger partial charge in [-0.15, -0.1) is 0 Å². The number of carbonyl (C=O) groups excluding carboxylic acids is 1. The van der Waals surface area contributed by atoms with Crippen LogP contribution in [-0.2, 0) is 9.59 Å². The number of carbonyl (C=O) groups is 2. The van der Waals surface area contributed by atoms with E-state index in [-0.39, 0.29) is 5.91 Å². The molecule has 1 N–H and O–H groups in total. The first-order valence-corrected chi connectivity index (χ1v) is 10.9. The second-order valence-electron chi connectivity index (χ2n) is 7.00. The predicted molar refractivity (Wildman–Crippen MR) is 116 cm³/mol.